The number of rotatable bonds is 6. The number of nitrogens with zero attached hydrogens (tertiary/aromatic N) is 4. The summed E-state index contributed by atoms with van der Waals surface area (Å²) in [5, 5.41) is 9.87. The quantitative estimate of drug-likeness (QED) is 0.658. The van der Waals surface area contributed by atoms with E-state index < -0.39 is 12.5 Å². The highest BCUT2D eigenvalue weighted by Gasteiger charge is 2.23. The van der Waals surface area contributed by atoms with E-state index in [0.717, 1.165) is 11.1 Å². The molecule has 1 fully saturated rings. The zero-order valence-electron chi connectivity index (χ0n) is 15.5. The first kappa shape index (κ1) is 18.8. The second kappa shape index (κ2) is 7.82. The number of carbonyl (C=O) groups is 1. The molecule has 3 aromatic heterocycles. The zero-order chi connectivity index (χ0) is 20.4. The highest BCUT2D eigenvalue weighted by Crippen LogP contribution is 2.25. The number of alkyl halides is 2. The van der Waals surface area contributed by atoms with Gasteiger partial charge in [-0.3, -0.25) is 4.68 Å². The molecule has 150 valence electrons. The lowest BCUT2D eigenvalue weighted by Crippen LogP contribution is -2.20. The Kier molecular flexibility index (Phi) is 5.07. The molecule has 29 heavy (non-hydrogen) atoms. The van der Waals surface area contributed by atoms with Gasteiger partial charge in [-0.2, -0.15) is 5.10 Å². The lowest BCUT2D eigenvalue weighted by atomic mass is 10.1. The van der Waals surface area contributed by atoms with Crippen molar-refractivity contribution in [1.29, 1.82) is 0 Å². The predicted molar refractivity (Wildman–Crippen MR) is 101 cm³/mol. The van der Waals surface area contributed by atoms with Crippen LogP contribution >= 0.6 is 0 Å². The van der Waals surface area contributed by atoms with Crippen LogP contribution in [0.2, 0.25) is 0 Å². The molecule has 1 saturated heterocycles. The van der Waals surface area contributed by atoms with Crippen molar-refractivity contribution in [2.45, 2.75) is 26.0 Å². The summed E-state index contributed by atoms with van der Waals surface area (Å²) >= 11 is 0. The smallest absolute Gasteiger partial charge is 0.407 e. The van der Waals surface area contributed by atoms with Crippen molar-refractivity contribution < 1.29 is 18.3 Å². The van der Waals surface area contributed by atoms with Gasteiger partial charge in [-0.05, 0) is 36.8 Å². The first-order valence-electron chi connectivity index (χ1n) is 8.93. The first-order valence-corrected chi connectivity index (χ1v) is 8.93. The molecule has 0 aromatic carbocycles. The van der Waals surface area contributed by atoms with E-state index >= 15 is 0 Å². The Hall–Kier alpha value is -3.56. The maximum atomic E-state index is 12.9. The minimum Gasteiger partial charge on any atom is -0.442 e. The van der Waals surface area contributed by atoms with Gasteiger partial charge in [0.15, 0.2) is 0 Å². The van der Waals surface area contributed by atoms with Gasteiger partial charge in [-0.25, -0.2) is 23.5 Å². The summed E-state index contributed by atoms with van der Waals surface area (Å²) in [6, 6.07) is 6.26. The van der Waals surface area contributed by atoms with E-state index in [1.54, 1.807) is 16.9 Å². The zero-order valence-corrected chi connectivity index (χ0v) is 15.5. The highest BCUT2D eigenvalue weighted by molar-refractivity contribution is 5.69. The van der Waals surface area contributed by atoms with Crippen LogP contribution < -0.4 is 10.6 Å². The third-order valence-corrected chi connectivity index (χ3v) is 4.33. The van der Waals surface area contributed by atoms with Crippen molar-refractivity contribution in [2.24, 2.45) is 0 Å². The molecule has 0 aliphatic carbocycles. The number of hydrogen-bond acceptors (Lipinski definition) is 6. The van der Waals surface area contributed by atoms with Crippen molar-refractivity contribution in [3.05, 3.63) is 54.0 Å². The Balaban J connectivity index is 1.53. The fourth-order valence-electron chi connectivity index (χ4n) is 3.00. The number of amides is 1. The highest BCUT2D eigenvalue weighted by atomic mass is 19.3. The minimum absolute atomic E-state index is 0.112. The van der Waals surface area contributed by atoms with Crippen LogP contribution in [0, 0.1) is 6.92 Å². The molecule has 0 bridgehead atoms. The Labute approximate surface area is 164 Å². The molecule has 1 aliphatic rings. The number of hydrogen-bond donors (Lipinski definition) is 2. The van der Waals surface area contributed by atoms with Crippen molar-refractivity contribution in [2.75, 3.05) is 11.9 Å². The number of nitrogens with one attached hydrogen (secondary N) is 2. The molecular formula is C19H18F2N6O2. The van der Waals surface area contributed by atoms with Gasteiger partial charge >= 0.3 is 6.09 Å². The summed E-state index contributed by atoms with van der Waals surface area (Å²) in [5.74, 6) is 0.777. The molecule has 8 nitrogen and oxygen atoms in total. The average molecular weight is 400 g/mol. The van der Waals surface area contributed by atoms with Crippen LogP contribution in [0.1, 0.15) is 17.6 Å². The number of carbonyl (C=O) groups excluding carboxylic acids is 1. The summed E-state index contributed by atoms with van der Waals surface area (Å²) in [4.78, 5) is 19.7. The fraction of sp³-hybridized carbons (Fsp3) is 0.263. The first-order chi connectivity index (χ1) is 14.0. The number of aromatic nitrogens is 4. The average Bonchev–Trinajstić information content (AvgIpc) is 3.31. The van der Waals surface area contributed by atoms with Crippen molar-refractivity contribution >= 4 is 17.7 Å². The molecule has 1 atom stereocenters. The molecule has 2 N–H and O–H groups in total. The third-order valence-electron chi connectivity index (χ3n) is 4.33. The van der Waals surface area contributed by atoms with Crippen molar-refractivity contribution in [3.63, 3.8) is 0 Å². The Morgan fingerprint density at radius 1 is 1.34 bits per heavy atom. The molecular weight excluding hydrogens is 382 g/mol. The van der Waals surface area contributed by atoms with Gasteiger partial charge in [-0.15, -0.1) is 0 Å². The van der Waals surface area contributed by atoms with E-state index in [4.69, 9.17) is 4.74 Å². The van der Waals surface area contributed by atoms with Crippen LogP contribution in [0.4, 0.5) is 25.2 Å². The Bertz CT molecular complexity index is 1040. The van der Waals surface area contributed by atoms with Crippen LogP contribution in [0.5, 0.6) is 0 Å². The van der Waals surface area contributed by atoms with E-state index in [-0.39, 0.29) is 17.5 Å². The Morgan fingerprint density at radius 2 is 2.21 bits per heavy atom. The summed E-state index contributed by atoms with van der Waals surface area (Å²) in [6.45, 7) is 2.78. The van der Waals surface area contributed by atoms with E-state index in [1.165, 1.54) is 18.3 Å². The van der Waals surface area contributed by atoms with Gasteiger partial charge in [0.25, 0.3) is 6.43 Å². The maximum absolute atomic E-state index is 12.9. The monoisotopic (exact) mass is 400 g/mol. The molecule has 0 radical (unpaired) electrons. The molecule has 0 unspecified atom stereocenters. The number of pyridine rings is 2. The van der Waals surface area contributed by atoms with E-state index in [2.05, 4.69) is 25.7 Å². The molecule has 0 spiro atoms. The van der Waals surface area contributed by atoms with Gasteiger partial charge in [0.05, 0.1) is 25.0 Å². The molecule has 4 rings (SSSR count). The van der Waals surface area contributed by atoms with Crippen molar-refractivity contribution in [1.82, 2.24) is 25.1 Å². The maximum Gasteiger partial charge on any atom is 0.407 e. The Morgan fingerprint density at radius 3 is 2.97 bits per heavy atom. The van der Waals surface area contributed by atoms with Gasteiger partial charge in [-0.1, -0.05) is 0 Å². The molecule has 1 aliphatic heterocycles. The third kappa shape index (κ3) is 4.48. The van der Waals surface area contributed by atoms with Crippen LogP contribution in [-0.4, -0.2) is 38.5 Å². The number of halogens is 2. The van der Waals surface area contributed by atoms with Crippen molar-refractivity contribution in [3.8, 4) is 11.3 Å². The lowest BCUT2D eigenvalue weighted by molar-refractivity contribution is 0.129. The van der Waals surface area contributed by atoms with Crippen LogP contribution in [0.25, 0.3) is 11.3 Å². The molecule has 4 heterocycles. The summed E-state index contributed by atoms with van der Waals surface area (Å²) in [6.07, 6.45) is 1.54. The number of alkyl carbamates (subject to hydrolysis) is 1. The molecule has 3 aromatic rings. The van der Waals surface area contributed by atoms with E-state index in [1.807, 2.05) is 19.2 Å². The summed E-state index contributed by atoms with van der Waals surface area (Å²) in [5.41, 5.74) is 2.27. The van der Waals surface area contributed by atoms with Gasteiger partial charge < -0.3 is 15.4 Å². The lowest BCUT2D eigenvalue weighted by Gasteiger charge is -2.09. The molecule has 1 amide bonds. The van der Waals surface area contributed by atoms with Gasteiger partial charge in [0, 0.05) is 23.5 Å². The summed E-state index contributed by atoms with van der Waals surface area (Å²) in [7, 11) is 0. The van der Waals surface area contributed by atoms with Gasteiger partial charge in [0.1, 0.15) is 17.7 Å². The molecule has 0 saturated carbocycles. The normalized spacial score (nSPS) is 16.0. The van der Waals surface area contributed by atoms with Crippen LogP contribution in [-0.2, 0) is 11.3 Å². The largest absolute Gasteiger partial charge is 0.442 e. The minimum atomic E-state index is -2.57. The van der Waals surface area contributed by atoms with Crippen LogP contribution in [0.15, 0.2) is 42.9 Å². The SMILES string of the molecule is Cc1cc(Nc2cc(C(F)F)ccn2)nc(-c2cnn(C[C@H]3CNC(=O)O3)c2)c1. The number of cyclic esters (lactones) is 1. The van der Waals surface area contributed by atoms with E-state index in [9.17, 15) is 13.6 Å². The topological polar surface area (TPSA) is 94.0 Å². The standard InChI is InChI=1S/C19H18F2N6O2/c1-11-4-15(13-7-24-27(9-13)10-14-8-23-19(28)29-14)25-17(5-11)26-16-6-12(18(20)21)2-3-22-16/h2-7,9,14,18H,8,10H2,1H3,(H,23,28)(H,22,25,26)/t14-/m1/s1. The molecule has 10 heteroatoms. The van der Waals surface area contributed by atoms with Crippen LogP contribution in [0.3, 0.4) is 0 Å². The second-order valence-electron chi connectivity index (χ2n) is 6.67. The second-order valence-corrected chi connectivity index (χ2v) is 6.67. The fourth-order valence-corrected chi connectivity index (χ4v) is 3.00. The number of anilines is 2. The van der Waals surface area contributed by atoms with E-state index in [0.29, 0.717) is 24.6 Å². The number of aryl methyl sites for hydroxylation is 1. The summed E-state index contributed by atoms with van der Waals surface area (Å²) < 4.78 is 32.6. The predicted octanol–water partition coefficient (Wildman–Crippen LogP) is 3.44. The van der Waals surface area contributed by atoms with Gasteiger partial charge in [0.2, 0.25) is 0 Å². The number of ether oxygens (including phenoxy) is 1.